The summed E-state index contributed by atoms with van der Waals surface area (Å²) in [6, 6.07) is 14.6. The van der Waals surface area contributed by atoms with E-state index in [9.17, 15) is 9.59 Å². The van der Waals surface area contributed by atoms with Gasteiger partial charge in [0.15, 0.2) is 5.43 Å². The van der Waals surface area contributed by atoms with Gasteiger partial charge in [0.05, 0.1) is 12.1 Å². The van der Waals surface area contributed by atoms with E-state index in [2.05, 4.69) is 47.9 Å². The van der Waals surface area contributed by atoms with E-state index in [1.54, 1.807) is 11.8 Å². The molecule has 27 heavy (non-hydrogen) atoms. The van der Waals surface area contributed by atoms with Crippen molar-refractivity contribution < 1.29 is 4.79 Å². The van der Waals surface area contributed by atoms with Gasteiger partial charge in [-0.05, 0) is 31.5 Å². The fourth-order valence-corrected chi connectivity index (χ4v) is 3.95. The summed E-state index contributed by atoms with van der Waals surface area (Å²) in [5.41, 5.74) is 6.38. The van der Waals surface area contributed by atoms with Crippen molar-refractivity contribution in [2.45, 2.75) is 40.3 Å². The Hall–Kier alpha value is -2.88. The van der Waals surface area contributed by atoms with Crippen LogP contribution in [0.2, 0.25) is 0 Å². The van der Waals surface area contributed by atoms with Crippen molar-refractivity contribution in [2.24, 2.45) is 0 Å². The molecular formula is C23H24N2O2. The summed E-state index contributed by atoms with van der Waals surface area (Å²) in [5.74, 6) is 0.0227. The Bertz CT molecular complexity index is 1090. The number of aryl methyl sites for hydroxylation is 2. The molecule has 0 radical (unpaired) electrons. The Morgan fingerprint density at radius 2 is 1.74 bits per heavy atom. The van der Waals surface area contributed by atoms with Crippen LogP contribution < -0.4 is 5.43 Å². The van der Waals surface area contributed by atoms with Gasteiger partial charge in [0.1, 0.15) is 0 Å². The molecule has 4 nitrogen and oxygen atoms in total. The van der Waals surface area contributed by atoms with Crippen molar-refractivity contribution in [1.82, 2.24) is 9.47 Å². The lowest BCUT2D eigenvalue weighted by Gasteiger charge is -2.30. The molecule has 1 aliphatic rings. The number of carbonyl (C=O) groups excluding carboxylic acids is 1. The molecule has 0 saturated heterocycles. The maximum atomic E-state index is 13.2. The second-order valence-corrected chi connectivity index (χ2v) is 7.54. The molecule has 0 saturated carbocycles. The summed E-state index contributed by atoms with van der Waals surface area (Å²) < 4.78 is 2.27. The first-order valence-electron chi connectivity index (χ1n) is 9.40. The van der Waals surface area contributed by atoms with Crippen LogP contribution in [0.3, 0.4) is 0 Å². The Morgan fingerprint density at radius 3 is 2.44 bits per heavy atom. The van der Waals surface area contributed by atoms with Gasteiger partial charge in [-0.1, -0.05) is 41.5 Å². The zero-order chi connectivity index (χ0) is 19.1. The topological polar surface area (TPSA) is 42.3 Å². The fourth-order valence-electron chi connectivity index (χ4n) is 3.95. The molecule has 0 atom stereocenters. The van der Waals surface area contributed by atoms with Crippen molar-refractivity contribution >= 4 is 16.8 Å². The molecule has 138 valence electrons. The van der Waals surface area contributed by atoms with Gasteiger partial charge >= 0.3 is 0 Å². The van der Waals surface area contributed by atoms with Gasteiger partial charge in [0, 0.05) is 43.1 Å². The number of hydrogen-bond donors (Lipinski definition) is 0. The number of nitrogens with zero attached hydrogens (tertiary/aromatic N) is 2. The van der Waals surface area contributed by atoms with E-state index < -0.39 is 0 Å². The molecule has 0 bridgehead atoms. The Labute approximate surface area is 159 Å². The number of carbonyl (C=O) groups is 1. The van der Waals surface area contributed by atoms with Crippen molar-refractivity contribution in [3.05, 3.63) is 80.6 Å². The summed E-state index contributed by atoms with van der Waals surface area (Å²) in [6.45, 7) is 7.45. The van der Waals surface area contributed by atoms with Crippen LogP contribution in [0.1, 0.15) is 34.9 Å². The minimum Gasteiger partial charge on any atom is -0.340 e. The summed E-state index contributed by atoms with van der Waals surface area (Å²) in [4.78, 5) is 26.8. The lowest BCUT2D eigenvalue weighted by molar-refractivity contribution is -0.129. The van der Waals surface area contributed by atoms with Crippen LogP contribution >= 0.6 is 0 Å². The van der Waals surface area contributed by atoms with E-state index in [1.165, 1.54) is 11.1 Å². The van der Waals surface area contributed by atoms with Gasteiger partial charge in [-0.3, -0.25) is 9.59 Å². The Balaban J connectivity index is 1.93. The van der Waals surface area contributed by atoms with Gasteiger partial charge in [-0.15, -0.1) is 0 Å². The monoisotopic (exact) mass is 360 g/mol. The first-order chi connectivity index (χ1) is 12.9. The maximum Gasteiger partial charge on any atom is 0.219 e. The molecule has 1 aromatic heterocycles. The molecular weight excluding hydrogens is 336 g/mol. The van der Waals surface area contributed by atoms with E-state index >= 15 is 0 Å². The van der Waals surface area contributed by atoms with Gasteiger partial charge in [0.25, 0.3) is 0 Å². The quantitative estimate of drug-likeness (QED) is 0.701. The predicted molar refractivity (Wildman–Crippen MR) is 108 cm³/mol. The summed E-state index contributed by atoms with van der Waals surface area (Å²) in [5, 5.41) is 0.742. The van der Waals surface area contributed by atoms with Crippen LogP contribution in [0, 0.1) is 13.8 Å². The predicted octanol–water partition coefficient (Wildman–Crippen LogP) is 3.57. The molecule has 0 unspecified atom stereocenters. The van der Waals surface area contributed by atoms with Crippen molar-refractivity contribution in [2.75, 3.05) is 6.54 Å². The largest absolute Gasteiger partial charge is 0.340 e. The molecule has 0 aliphatic carbocycles. The van der Waals surface area contributed by atoms with E-state index in [1.807, 2.05) is 13.0 Å². The molecule has 0 N–H and O–H groups in total. The lowest BCUT2D eigenvalue weighted by atomic mass is 9.99. The highest BCUT2D eigenvalue weighted by atomic mass is 16.2. The Kier molecular flexibility index (Phi) is 4.34. The van der Waals surface area contributed by atoms with Crippen LogP contribution in [0.5, 0.6) is 0 Å². The SMILES string of the molecule is CC(=O)N1CCc2c(c(=O)c3cc(C)ccc3n2Cc2ccc(C)cc2)C1. The summed E-state index contributed by atoms with van der Waals surface area (Å²) >= 11 is 0. The molecule has 0 spiro atoms. The molecule has 3 aromatic rings. The second-order valence-electron chi connectivity index (χ2n) is 7.54. The maximum absolute atomic E-state index is 13.2. The standard InChI is InChI=1S/C23H24N2O2/c1-15-4-7-18(8-5-15)13-25-21-9-6-16(2)12-19(21)23(27)20-14-24(17(3)26)11-10-22(20)25/h4-9,12H,10-11,13-14H2,1-3H3. The lowest BCUT2D eigenvalue weighted by Crippen LogP contribution is -2.39. The molecule has 4 heteroatoms. The average Bonchev–Trinajstić information content (AvgIpc) is 2.66. The number of amides is 1. The molecule has 0 fully saturated rings. The van der Waals surface area contributed by atoms with Crippen LogP contribution in [-0.2, 0) is 24.3 Å². The minimum absolute atomic E-state index is 0.0227. The first-order valence-corrected chi connectivity index (χ1v) is 9.40. The highest BCUT2D eigenvalue weighted by molar-refractivity contribution is 5.82. The van der Waals surface area contributed by atoms with Gasteiger partial charge in [0.2, 0.25) is 5.91 Å². The third kappa shape index (κ3) is 3.16. The Morgan fingerprint density at radius 1 is 1.04 bits per heavy atom. The summed E-state index contributed by atoms with van der Waals surface area (Å²) in [6.07, 6.45) is 0.708. The van der Waals surface area contributed by atoms with E-state index in [0.717, 1.165) is 34.3 Å². The van der Waals surface area contributed by atoms with Crippen molar-refractivity contribution in [3.8, 4) is 0 Å². The zero-order valence-electron chi connectivity index (χ0n) is 16.1. The second kappa shape index (κ2) is 6.69. The molecule has 1 aliphatic heterocycles. The van der Waals surface area contributed by atoms with E-state index in [-0.39, 0.29) is 11.3 Å². The van der Waals surface area contributed by atoms with Crippen molar-refractivity contribution in [1.29, 1.82) is 0 Å². The molecule has 2 heterocycles. The number of pyridine rings is 1. The van der Waals surface area contributed by atoms with Crippen LogP contribution in [0.25, 0.3) is 10.9 Å². The van der Waals surface area contributed by atoms with Crippen LogP contribution in [0.15, 0.2) is 47.3 Å². The smallest absolute Gasteiger partial charge is 0.219 e. The fraction of sp³-hybridized carbons (Fsp3) is 0.304. The highest BCUT2D eigenvalue weighted by Gasteiger charge is 2.25. The molecule has 2 aromatic carbocycles. The highest BCUT2D eigenvalue weighted by Crippen LogP contribution is 2.24. The third-order valence-electron chi connectivity index (χ3n) is 5.51. The number of benzene rings is 2. The van der Waals surface area contributed by atoms with E-state index in [4.69, 9.17) is 0 Å². The molecule has 1 amide bonds. The van der Waals surface area contributed by atoms with Gasteiger partial charge < -0.3 is 9.47 Å². The normalized spacial score (nSPS) is 13.7. The third-order valence-corrected chi connectivity index (χ3v) is 5.51. The first kappa shape index (κ1) is 17.5. The number of aromatic nitrogens is 1. The van der Waals surface area contributed by atoms with Crippen molar-refractivity contribution in [3.63, 3.8) is 0 Å². The molecule has 4 rings (SSSR count). The number of rotatable bonds is 2. The minimum atomic E-state index is 0.0227. The average molecular weight is 360 g/mol. The van der Waals surface area contributed by atoms with Crippen LogP contribution in [0.4, 0.5) is 0 Å². The zero-order valence-corrected chi connectivity index (χ0v) is 16.1. The van der Waals surface area contributed by atoms with Gasteiger partial charge in [-0.25, -0.2) is 0 Å². The summed E-state index contributed by atoms with van der Waals surface area (Å²) in [7, 11) is 0. The van der Waals surface area contributed by atoms with E-state index in [0.29, 0.717) is 19.5 Å². The number of hydrogen-bond acceptors (Lipinski definition) is 2. The van der Waals surface area contributed by atoms with Gasteiger partial charge in [-0.2, -0.15) is 0 Å². The van der Waals surface area contributed by atoms with Crippen LogP contribution in [-0.4, -0.2) is 21.9 Å². The number of fused-ring (bicyclic) bond motifs is 2.